The van der Waals surface area contributed by atoms with Crippen molar-refractivity contribution in [2.75, 3.05) is 0 Å². The topological polar surface area (TPSA) is 155 Å². The first-order chi connectivity index (χ1) is 10.00. The molecule has 2 aromatic rings. The summed E-state index contributed by atoms with van der Waals surface area (Å²) in [5.41, 5.74) is 0. The number of benzene rings is 2. The van der Waals surface area contributed by atoms with E-state index in [4.69, 9.17) is 10.2 Å². The van der Waals surface area contributed by atoms with Gasteiger partial charge in [-0.05, 0) is 48.5 Å². The molecule has 0 heterocycles. The molecule has 0 saturated heterocycles. The molecule has 0 aliphatic heterocycles. The molecule has 0 saturated carbocycles. The van der Waals surface area contributed by atoms with E-state index in [2.05, 4.69) is 0 Å². The van der Waals surface area contributed by atoms with Crippen molar-refractivity contribution < 1.29 is 84.6 Å². The molecule has 0 atom stereocenters. The SMILES string of the molecule is O=S(=O)([O-])c1ccc(O)cc1.O=S(=O)([O-])c1ccc(O)cc1.[Li+].[Na+]. The number of hydrogen-bond acceptors (Lipinski definition) is 8. The Hall–Kier alpha value is -0.543. The molecule has 8 nitrogen and oxygen atoms in total. The Morgan fingerprint density at radius 3 is 1.00 bits per heavy atom. The maximum absolute atomic E-state index is 10.3. The van der Waals surface area contributed by atoms with Crippen LogP contribution in [0.3, 0.4) is 0 Å². The first-order valence-electron chi connectivity index (χ1n) is 5.50. The van der Waals surface area contributed by atoms with Crippen molar-refractivity contribution >= 4 is 20.2 Å². The van der Waals surface area contributed by atoms with Crippen LogP contribution in [0.2, 0.25) is 0 Å². The van der Waals surface area contributed by atoms with Crippen molar-refractivity contribution in [3.05, 3.63) is 48.5 Å². The van der Waals surface area contributed by atoms with Crippen LogP contribution in [0.25, 0.3) is 0 Å². The monoisotopic (exact) mass is 376 g/mol. The summed E-state index contributed by atoms with van der Waals surface area (Å²) in [6, 6.07) is 8.79. The Morgan fingerprint density at radius 2 is 0.833 bits per heavy atom. The van der Waals surface area contributed by atoms with Crippen LogP contribution < -0.4 is 48.4 Å². The van der Waals surface area contributed by atoms with Gasteiger partial charge < -0.3 is 19.3 Å². The van der Waals surface area contributed by atoms with Crippen LogP contribution in [-0.2, 0) is 20.2 Å². The Labute approximate surface area is 173 Å². The van der Waals surface area contributed by atoms with E-state index in [1.54, 1.807) is 0 Å². The van der Waals surface area contributed by atoms with Gasteiger partial charge in [-0.2, -0.15) is 0 Å². The summed E-state index contributed by atoms with van der Waals surface area (Å²) in [4.78, 5) is -0.675. The molecule has 2 aromatic carbocycles. The smallest absolute Gasteiger partial charge is 0.744 e. The third kappa shape index (κ3) is 9.07. The summed E-state index contributed by atoms with van der Waals surface area (Å²) in [5, 5.41) is 17.5. The van der Waals surface area contributed by atoms with Crippen molar-refractivity contribution in [1.82, 2.24) is 0 Å². The number of phenolic OH excluding ortho intramolecular Hbond substituents is 2. The Balaban J connectivity index is 0. The molecular formula is C12H10LiNaO8S2. The third-order valence-corrected chi connectivity index (χ3v) is 3.95. The van der Waals surface area contributed by atoms with E-state index in [9.17, 15) is 25.9 Å². The Kier molecular flexibility index (Phi) is 11.2. The van der Waals surface area contributed by atoms with Crippen LogP contribution in [-0.4, -0.2) is 36.2 Å². The first kappa shape index (κ1) is 25.7. The van der Waals surface area contributed by atoms with Gasteiger partial charge >= 0.3 is 48.4 Å². The van der Waals surface area contributed by atoms with E-state index in [1.165, 1.54) is 0 Å². The summed E-state index contributed by atoms with van der Waals surface area (Å²) in [6.45, 7) is 0. The minimum atomic E-state index is -4.38. The second-order valence-corrected chi connectivity index (χ2v) is 6.66. The molecule has 0 unspecified atom stereocenters. The van der Waals surface area contributed by atoms with Gasteiger partial charge in [-0.3, -0.25) is 0 Å². The first-order valence-corrected chi connectivity index (χ1v) is 8.31. The zero-order valence-corrected chi connectivity index (χ0v) is 16.4. The third-order valence-electron chi connectivity index (χ3n) is 2.25. The fraction of sp³-hybridized carbons (Fsp3) is 0. The maximum atomic E-state index is 10.3. The number of hydrogen-bond donors (Lipinski definition) is 2. The maximum Gasteiger partial charge on any atom is 1.00 e. The fourth-order valence-corrected chi connectivity index (χ4v) is 2.16. The van der Waals surface area contributed by atoms with Gasteiger partial charge in [0.05, 0.1) is 9.79 Å². The predicted molar refractivity (Wildman–Crippen MR) is 72.1 cm³/mol. The zero-order valence-electron chi connectivity index (χ0n) is 12.8. The molecule has 0 aromatic heterocycles. The standard InChI is InChI=1S/2C6H6O4S.Li.Na/c2*7-5-1-3-6(4-2-5)11(8,9)10;;/h2*1-4,7H,(H,8,9,10);;/q;;2*+1/p-2. The van der Waals surface area contributed by atoms with E-state index in [1.807, 2.05) is 0 Å². The van der Waals surface area contributed by atoms with Gasteiger partial charge in [-0.15, -0.1) is 0 Å². The Bertz CT molecular complexity index is 760. The van der Waals surface area contributed by atoms with Crippen LogP contribution >= 0.6 is 0 Å². The van der Waals surface area contributed by atoms with Gasteiger partial charge in [0.1, 0.15) is 31.7 Å². The van der Waals surface area contributed by atoms with Crippen LogP contribution in [0.15, 0.2) is 58.3 Å². The van der Waals surface area contributed by atoms with Crippen molar-refractivity contribution in [3.63, 3.8) is 0 Å². The van der Waals surface area contributed by atoms with E-state index < -0.39 is 20.2 Å². The number of rotatable bonds is 2. The molecule has 2 rings (SSSR count). The van der Waals surface area contributed by atoms with E-state index in [0.29, 0.717) is 0 Å². The second kappa shape index (κ2) is 10.4. The molecule has 24 heavy (non-hydrogen) atoms. The van der Waals surface area contributed by atoms with Crippen molar-refractivity contribution in [2.45, 2.75) is 9.79 Å². The van der Waals surface area contributed by atoms with Gasteiger partial charge in [0, 0.05) is 0 Å². The molecule has 0 fully saturated rings. The zero-order chi connectivity index (χ0) is 17.0. The molecule has 0 aliphatic carbocycles. The molecule has 0 spiro atoms. The molecule has 0 bridgehead atoms. The average Bonchev–Trinajstić information content (AvgIpc) is 2.38. The largest absolute Gasteiger partial charge is 1.00 e. The van der Waals surface area contributed by atoms with Gasteiger partial charge in [0.15, 0.2) is 0 Å². The number of phenols is 2. The van der Waals surface area contributed by atoms with Gasteiger partial charge in [0.2, 0.25) is 0 Å². The van der Waals surface area contributed by atoms with Crippen molar-refractivity contribution in [2.24, 2.45) is 0 Å². The summed E-state index contributed by atoms with van der Waals surface area (Å²) in [6.07, 6.45) is 0. The van der Waals surface area contributed by atoms with Crippen LogP contribution in [0.5, 0.6) is 11.5 Å². The van der Waals surface area contributed by atoms with E-state index in [0.717, 1.165) is 48.5 Å². The van der Waals surface area contributed by atoms with Crippen molar-refractivity contribution in [3.8, 4) is 11.5 Å². The van der Waals surface area contributed by atoms with Gasteiger partial charge in [0.25, 0.3) is 0 Å². The van der Waals surface area contributed by atoms with Gasteiger partial charge in [-0.1, -0.05) is 0 Å². The fourth-order valence-electron chi connectivity index (χ4n) is 1.23. The molecule has 0 aliphatic rings. The Morgan fingerprint density at radius 1 is 0.625 bits per heavy atom. The average molecular weight is 376 g/mol. The van der Waals surface area contributed by atoms with Crippen LogP contribution in [0, 0.1) is 0 Å². The molecular weight excluding hydrogens is 366 g/mol. The molecule has 12 heteroatoms. The summed E-state index contributed by atoms with van der Waals surface area (Å²) in [7, 11) is -8.76. The summed E-state index contributed by atoms with van der Waals surface area (Å²) >= 11 is 0. The normalized spacial score (nSPS) is 10.4. The number of aromatic hydroxyl groups is 2. The van der Waals surface area contributed by atoms with Crippen LogP contribution in [0.4, 0.5) is 0 Å². The quantitative estimate of drug-likeness (QED) is 0.389. The summed E-state index contributed by atoms with van der Waals surface area (Å²) in [5.74, 6) is -0.144. The van der Waals surface area contributed by atoms with Crippen LogP contribution in [0.1, 0.15) is 0 Å². The molecule has 0 radical (unpaired) electrons. The van der Waals surface area contributed by atoms with Crippen molar-refractivity contribution in [1.29, 1.82) is 0 Å². The minimum Gasteiger partial charge on any atom is -0.744 e. The molecule has 2 N–H and O–H groups in total. The van der Waals surface area contributed by atoms with E-state index >= 15 is 0 Å². The van der Waals surface area contributed by atoms with E-state index in [-0.39, 0.29) is 69.7 Å². The van der Waals surface area contributed by atoms with Gasteiger partial charge in [-0.25, -0.2) is 16.8 Å². The molecule has 120 valence electrons. The predicted octanol–water partition coefficient (Wildman–Crippen LogP) is -5.40. The molecule has 0 amide bonds. The summed E-state index contributed by atoms with van der Waals surface area (Å²) < 4.78 is 61.8. The second-order valence-electron chi connectivity index (χ2n) is 3.90. The minimum absolute atomic E-state index is 0.